The number of carbonyl (C=O) groups excluding carboxylic acids is 2. The summed E-state index contributed by atoms with van der Waals surface area (Å²) in [6.07, 6.45) is 1.03. The molecule has 2 amide bonds. The van der Waals surface area contributed by atoms with Crippen LogP contribution < -0.4 is 5.32 Å². The molecule has 184 valence electrons. The van der Waals surface area contributed by atoms with E-state index in [1.807, 2.05) is 44.2 Å². The van der Waals surface area contributed by atoms with Crippen molar-refractivity contribution in [3.63, 3.8) is 0 Å². The van der Waals surface area contributed by atoms with E-state index in [4.69, 9.17) is 23.2 Å². The number of nitrogens with one attached hydrogen (secondary N) is 1. The lowest BCUT2D eigenvalue weighted by Gasteiger charge is -2.32. The van der Waals surface area contributed by atoms with Crippen LogP contribution in [-0.2, 0) is 29.0 Å². The number of hydrogen-bond donors (Lipinski definition) is 1. The fraction of sp³-hybridized carbons (Fsp3) is 0.286. The second-order valence-corrected chi connectivity index (χ2v) is 9.38. The molecule has 0 aliphatic rings. The van der Waals surface area contributed by atoms with Gasteiger partial charge < -0.3 is 10.2 Å². The average Bonchev–Trinajstić information content (AvgIpc) is 2.85. The van der Waals surface area contributed by atoms with E-state index < -0.39 is 11.9 Å². The van der Waals surface area contributed by atoms with Gasteiger partial charge in [0.15, 0.2) is 0 Å². The molecule has 0 bridgehead atoms. The first kappa shape index (κ1) is 26.7. The van der Waals surface area contributed by atoms with Gasteiger partial charge in [-0.15, -0.1) is 0 Å². The number of carbonyl (C=O) groups is 2. The largest absolute Gasteiger partial charge is 0.352 e. The highest BCUT2D eigenvalue weighted by molar-refractivity contribution is 6.42. The Hall–Kier alpha value is -2.89. The van der Waals surface area contributed by atoms with Crippen LogP contribution >= 0.6 is 23.2 Å². The molecule has 7 heteroatoms. The second kappa shape index (κ2) is 12.7. The van der Waals surface area contributed by atoms with E-state index in [1.54, 1.807) is 36.4 Å². The van der Waals surface area contributed by atoms with Gasteiger partial charge in [0.25, 0.3) is 0 Å². The van der Waals surface area contributed by atoms with E-state index in [-0.39, 0.29) is 30.8 Å². The molecule has 0 heterocycles. The molecular formula is C28H29Cl2FN2O2. The molecule has 0 unspecified atom stereocenters. The lowest BCUT2D eigenvalue weighted by Crippen LogP contribution is -2.52. The third-order valence-electron chi connectivity index (χ3n) is 5.91. The van der Waals surface area contributed by atoms with Gasteiger partial charge in [-0.05, 0) is 42.7 Å². The smallest absolute Gasteiger partial charge is 0.243 e. The molecule has 2 atom stereocenters. The maximum Gasteiger partial charge on any atom is 0.243 e. The van der Waals surface area contributed by atoms with E-state index in [0.29, 0.717) is 27.6 Å². The molecule has 0 aromatic heterocycles. The monoisotopic (exact) mass is 514 g/mol. The highest BCUT2D eigenvalue weighted by Crippen LogP contribution is 2.24. The Kier molecular flexibility index (Phi) is 9.70. The number of amides is 2. The van der Waals surface area contributed by atoms with Crippen LogP contribution in [0.3, 0.4) is 0 Å². The van der Waals surface area contributed by atoms with Gasteiger partial charge >= 0.3 is 0 Å². The van der Waals surface area contributed by atoms with Crippen LogP contribution in [0.4, 0.5) is 4.39 Å². The molecule has 3 rings (SSSR count). The van der Waals surface area contributed by atoms with Crippen molar-refractivity contribution in [2.75, 3.05) is 0 Å². The minimum Gasteiger partial charge on any atom is -0.352 e. The molecule has 4 nitrogen and oxygen atoms in total. The van der Waals surface area contributed by atoms with Crippen molar-refractivity contribution in [2.45, 2.75) is 51.7 Å². The van der Waals surface area contributed by atoms with Gasteiger partial charge in [-0.3, -0.25) is 9.59 Å². The molecule has 0 aliphatic carbocycles. The Morgan fingerprint density at radius 3 is 2.29 bits per heavy atom. The zero-order valence-electron chi connectivity index (χ0n) is 19.8. The Labute approximate surface area is 216 Å². The van der Waals surface area contributed by atoms with Gasteiger partial charge in [0.2, 0.25) is 11.8 Å². The molecule has 0 radical (unpaired) electrons. The van der Waals surface area contributed by atoms with E-state index in [9.17, 15) is 14.0 Å². The third-order valence-corrected chi connectivity index (χ3v) is 6.65. The van der Waals surface area contributed by atoms with Crippen LogP contribution in [-0.4, -0.2) is 28.8 Å². The summed E-state index contributed by atoms with van der Waals surface area (Å²) < 4.78 is 14.6. The predicted octanol–water partition coefficient (Wildman–Crippen LogP) is 6.23. The summed E-state index contributed by atoms with van der Waals surface area (Å²) in [5, 5.41) is 3.73. The number of rotatable bonds is 10. The van der Waals surface area contributed by atoms with Crippen LogP contribution in [0.5, 0.6) is 0 Å². The molecule has 0 aliphatic heterocycles. The fourth-order valence-corrected chi connectivity index (χ4v) is 4.05. The van der Waals surface area contributed by atoms with Crippen molar-refractivity contribution in [3.8, 4) is 0 Å². The zero-order chi connectivity index (χ0) is 25.4. The fourth-order valence-electron chi connectivity index (χ4n) is 3.73. The molecule has 0 spiro atoms. The van der Waals surface area contributed by atoms with Crippen molar-refractivity contribution in [3.05, 3.63) is 105 Å². The zero-order valence-corrected chi connectivity index (χ0v) is 21.3. The normalized spacial score (nSPS) is 12.6. The average molecular weight is 515 g/mol. The van der Waals surface area contributed by atoms with E-state index in [1.165, 1.54) is 11.0 Å². The van der Waals surface area contributed by atoms with Gasteiger partial charge in [0, 0.05) is 24.6 Å². The Balaban J connectivity index is 1.99. The maximum absolute atomic E-state index is 14.6. The molecule has 3 aromatic carbocycles. The maximum atomic E-state index is 14.6. The molecule has 3 aromatic rings. The van der Waals surface area contributed by atoms with Crippen LogP contribution in [0.25, 0.3) is 0 Å². The van der Waals surface area contributed by atoms with E-state index in [0.717, 1.165) is 12.0 Å². The topological polar surface area (TPSA) is 49.4 Å². The van der Waals surface area contributed by atoms with Gasteiger partial charge in [-0.25, -0.2) is 4.39 Å². The lowest BCUT2D eigenvalue weighted by atomic mass is 10.0. The number of halogens is 3. The Bertz CT molecular complexity index is 1160. The Morgan fingerprint density at radius 2 is 1.63 bits per heavy atom. The van der Waals surface area contributed by atoms with Crippen LogP contribution in [0.1, 0.15) is 37.0 Å². The van der Waals surface area contributed by atoms with Gasteiger partial charge in [-0.2, -0.15) is 0 Å². The first-order valence-electron chi connectivity index (χ1n) is 11.6. The highest BCUT2D eigenvalue weighted by Gasteiger charge is 2.31. The summed E-state index contributed by atoms with van der Waals surface area (Å²) in [7, 11) is 0. The second-order valence-electron chi connectivity index (χ2n) is 8.56. The molecular weight excluding hydrogens is 486 g/mol. The van der Waals surface area contributed by atoms with Crippen molar-refractivity contribution in [1.82, 2.24) is 10.2 Å². The van der Waals surface area contributed by atoms with Gasteiger partial charge in [0.05, 0.1) is 16.5 Å². The standard InChI is InChI=1S/C28H29Cl2FN2O2/c1-3-19(2)32-28(35)26(16-20-9-5-4-6-10-20)33(18-22-11-7-8-12-25(22)31)27(34)17-21-13-14-23(29)24(30)15-21/h4-15,19,26H,3,16-18H2,1-2H3,(H,32,35)/t19-,26+/m1/s1. The van der Waals surface area contributed by atoms with Crippen molar-refractivity contribution in [2.24, 2.45) is 0 Å². The first-order chi connectivity index (χ1) is 16.8. The predicted molar refractivity (Wildman–Crippen MR) is 139 cm³/mol. The lowest BCUT2D eigenvalue weighted by molar-refractivity contribution is -0.141. The van der Waals surface area contributed by atoms with Gasteiger partial charge in [0.1, 0.15) is 11.9 Å². The third kappa shape index (κ3) is 7.55. The summed E-state index contributed by atoms with van der Waals surface area (Å²) in [4.78, 5) is 28.6. The summed E-state index contributed by atoms with van der Waals surface area (Å²) in [6, 6.07) is 19.9. The minimum absolute atomic E-state index is 0.00670. The summed E-state index contributed by atoms with van der Waals surface area (Å²) in [6.45, 7) is 3.85. The molecule has 35 heavy (non-hydrogen) atoms. The number of nitrogens with zero attached hydrogens (tertiary/aromatic N) is 1. The van der Waals surface area contributed by atoms with Crippen molar-refractivity contribution >= 4 is 35.0 Å². The van der Waals surface area contributed by atoms with Gasteiger partial charge in [-0.1, -0.05) is 84.7 Å². The van der Waals surface area contributed by atoms with Crippen molar-refractivity contribution in [1.29, 1.82) is 0 Å². The Morgan fingerprint density at radius 1 is 0.943 bits per heavy atom. The van der Waals surface area contributed by atoms with E-state index >= 15 is 0 Å². The van der Waals surface area contributed by atoms with Crippen LogP contribution in [0.15, 0.2) is 72.8 Å². The van der Waals surface area contributed by atoms with Crippen LogP contribution in [0, 0.1) is 5.82 Å². The number of hydrogen-bond acceptors (Lipinski definition) is 2. The molecule has 1 N–H and O–H groups in total. The molecule has 0 saturated heterocycles. The first-order valence-corrected chi connectivity index (χ1v) is 12.3. The SMILES string of the molecule is CC[C@@H](C)NC(=O)[C@H](Cc1ccccc1)N(Cc1ccccc1F)C(=O)Cc1ccc(Cl)c(Cl)c1. The highest BCUT2D eigenvalue weighted by atomic mass is 35.5. The molecule has 0 saturated carbocycles. The minimum atomic E-state index is -0.832. The summed E-state index contributed by atoms with van der Waals surface area (Å²) in [5.74, 6) is -1.02. The quantitative estimate of drug-likeness (QED) is 0.348. The number of benzene rings is 3. The summed E-state index contributed by atoms with van der Waals surface area (Å²) in [5.41, 5.74) is 1.89. The summed E-state index contributed by atoms with van der Waals surface area (Å²) >= 11 is 12.2. The molecule has 0 fully saturated rings. The van der Waals surface area contributed by atoms with Crippen LogP contribution in [0.2, 0.25) is 10.0 Å². The van der Waals surface area contributed by atoms with E-state index in [2.05, 4.69) is 5.32 Å². The van der Waals surface area contributed by atoms with Crippen molar-refractivity contribution < 1.29 is 14.0 Å².